The number of nitrogens with one attached hydrogen (secondary N) is 1. The fourth-order valence-corrected chi connectivity index (χ4v) is 2.20. The van der Waals surface area contributed by atoms with Gasteiger partial charge in [-0.15, -0.1) is 0 Å². The van der Waals surface area contributed by atoms with Gasteiger partial charge >= 0.3 is 0 Å². The van der Waals surface area contributed by atoms with Crippen molar-refractivity contribution >= 4 is 21.6 Å². The lowest BCUT2D eigenvalue weighted by Crippen LogP contribution is -2.25. The highest BCUT2D eigenvalue weighted by molar-refractivity contribution is 9.10. The zero-order valence-corrected chi connectivity index (χ0v) is 13.1. The van der Waals surface area contributed by atoms with Crippen LogP contribution in [-0.2, 0) is 11.3 Å². The number of halogens is 1. The van der Waals surface area contributed by atoms with Gasteiger partial charge in [0.05, 0.1) is 6.61 Å². The van der Waals surface area contributed by atoms with E-state index in [9.17, 15) is 0 Å². The lowest BCUT2D eigenvalue weighted by atomic mass is 10.1. The quantitative estimate of drug-likeness (QED) is 0.746. The molecular weight excluding hydrogens is 292 g/mol. The summed E-state index contributed by atoms with van der Waals surface area (Å²) in [6.45, 7) is 8.47. The minimum atomic E-state index is 0.768. The summed E-state index contributed by atoms with van der Waals surface area (Å²) in [5, 5.41) is 3.38. The van der Waals surface area contributed by atoms with Gasteiger partial charge in [-0.25, -0.2) is 0 Å². The van der Waals surface area contributed by atoms with Gasteiger partial charge in [0.1, 0.15) is 0 Å². The topological polar surface area (TPSA) is 24.5 Å². The third kappa shape index (κ3) is 4.96. The minimum absolute atomic E-state index is 0.768. The molecule has 0 heterocycles. The fourth-order valence-electron chi connectivity index (χ4n) is 1.79. The van der Waals surface area contributed by atoms with Gasteiger partial charge in [0.2, 0.25) is 0 Å². The minimum Gasteiger partial charge on any atom is -0.380 e. The van der Waals surface area contributed by atoms with Crippen molar-refractivity contribution in [3.05, 3.63) is 28.2 Å². The molecule has 0 amide bonds. The molecule has 1 aromatic rings. The normalized spacial score (nSPS) is 10.7. The van der Waals surface area contributed by atoms with Crippen molar-refractivity contribution in [2.45, 2.75) is 20.4 Å². The van der Waals surface area contributed by atoms with Gasteiger partial charge in [-0.2, -0.15) is 0 Å². The Bertz CT molecular complexity index is 358. The molecule has 0 aliphatic carbocycles. The fraction of sp³-hybridized carbons (Fsp3) is 0.571. The van der Waals surface area contributed by atoms with E-state index in [4.69, 9.17) is 4.74 Å². The van der Waals surface area contributed by atoms with Crippen LogP contribution in [0.3, 0.4) is 0 Å². The third-order valence-electron chi connectivity index (χ3n) is 2.79. The van der Waals surface area contributed by atoms with Crippen LogP contribution in [0.2, 0.25) is 0 Å². The van der Waals surface area contributed by atoms with Gasteiger partial charge in [0.15, 0.2) is 0 Å². The Balaban J connectivity index is 2.72. The van der Waals surface area contributed by atoms with E-state index in [1.807, 2.05) is 6.92 Å². The highest BCUT2D eigenvalue weighted by atomic mass is 79.9. The monoisotopic (exact) mass is 314 g/mol. The highest BCUT2D eigenvalue weighted by Gasteiger charge is 2.07. The van der Waals surface area contributed by atoms with E-state index in [1.165, 1.54) is 11.3 Å². The Kier molecular flexibility index (Phi) is 7.32. The summed E-state index contributed by atoms with van der Waals surface area (Å²) in [6.07, 6.45) is 0. The maximum atomic E-state index is 5.40. The van der Waals surface area contributed by atoms with E-state index in [0.717, 1.165) is 37.3 Å². The van der Waals surface area contributed by atoms with Crippen LogP contribution >= 0.6 is 15.9 Å². The molecule has 1 rings (SSSR count). The van der Waals surface area contributed by atoms with Gasteiger partial charge in [0, 0.05) is 36.9 Å². The predicted octanol–water partition coefficient (Wildman–Crippen LogP) is 3.03. The molecule has 3 nitrogen and oxygen atoms in total. The molecule has 0 saturated heterocycles. The van der Waals surface area contributed by atoms with Gasteiger partial charge < -0.3 is 15.0 Å². The zero-order valence-electron chi connectivity index (χ0n) is 11.5. The molecule has 0 atom stereocenters. The molecule has 0 spiro atoms. The van der Waals surface area contributed by atoms with Crippen LogP contribution in [0.4, 0.5) is 5.69 Å². The van der Waals surface area contributed by atoms with Crippen molar-refractivity contribution in [3.8, 4) is 0 Å². The molecule has 0 aliphatic heterocycles. The van der Waals surface area contributed by atoms with Crippen molar-refractivity contribution in [2.24, 2.45) is 0 Å². The van der Waals surface area contributed by atoms with Crippen molar-refractivity contribution in [3.63, 3.8) is 0 Å². The Morgan fingerprint density at radius 1 is 1.33 bits per heavy atom. The number of nitrogens with zero attached hydrogens (tertiary/aromatic N) is 1. The smallest absolute Gasteiger partial charge is 0.0641 e. The van der Waals surface area contributed by atoms with E-state index < -0.39 is 0 Å². The molecule has 0 bridgehead atoms. The van der Waals surface area contributed by atoms with Gasteiger partial charge in [0.25, 0.3) is 0 Å². The lowest BCUT2D eigenvalue weighted by Gasteiger charge is -2.23. The van der Waals surface area contributed by atoms with Crippen LogP contribution in [0, 0.1) is 0 Å². The SMILES string of the molecule is CCNCc1cc(Br)ccc1N(C)CCOCC. The maximum absolute atomic E-state index is 5.40. The Morgan fingerprint density at radius 2 is 2.11 bits per heavy atom. The second kappa shape index (κ2) is 8.51. The average Bonchev–Trinajstić information content (AvgIpc) is 2.36. The van der Waals surface area contributed by atoms with Crippen molar-refractivity contribution < 1.29 is 4.74 Å². The number of anilines is 1. The maximum Gasteiger partial charge on any atom is 0.0641 e. The van der Waals surface area contributed by atoms with E-state index in [-0.39, 0.29) is 0 Å². The zero-order chi connectivity index (χ0) is 13.4. The van der Waals surface area contributed by atoms with Gasteiger partial charge in [-0.3, -0.25) is 0 Å². The highest BCUT2D eigenvalue weighted by Crippen LogP contribution is 2.23. The Labute approximate surface area is 119 Å². The molecule has 18 heavy (non-hydrogen) atoms. The first kappa shape index (κ1) is 15.5. The second-order valence-electron chi connectivity index (χ2n) is 4.17. The summed E-state index contributed by atoms with van der Waals surface area (Å²) in [6, 6.07) is 6.42. The Morgan fingerprint density at radius 3 is 2.78 bits per heavy atom. The van der Waals surface area contributed by atoms with E-state index >= 15 is 0 Å². The molecule has 0 radical (unpaired) electrons. The summed E-state index contributed by atoms with van der Waals surface area (Å²) in [5.74, 6) is 0. The molecule has 4 heteroatoms. The number of likely N-dealkylation sites (N-methyl/N-ethyl adjacent to an activating group) is 1. The summed E-state index contributed by atoms with van der Waals surface area (Å²) in [4.78, 5) is 2.24. The van der Waals surface area contributed by atoms with E-state index in [2.05, 4.69) is 58.3 Å². The van der Waals surface area contributed by atoms with Crippen LogP contribution in [-0.4, -0.2) is 33.4 Å². The molecule has 0 fully saturated rings. The number of rotatable bonds is 8. The van der Waals surface area contributed by atoms with Crippen LogP contribution in [0.1, 0.15) is 19.4 Å². The van der Waals surface area contributed by atoms with E-state index in [1.54, 1.807) is 0 Å². The van der Waals surface area contributed by atoms with Crippen LogP contribution in [0.15, 0.2) is 22.7 Å². The summed E-state index contributed by atoms with van der Waals surface area (Å²) in [7, 11) is 2.11. The van der Waals surface area contributed by atoms with Crippen molar-refractivity contribution in [1.29, 1.82) is 0 Å². The van der Waals surface area contributed by atoms with Crippen molar-refractivity contribution in [1.82, 2.24) is 5.32 Å². The summed E-state index contributed by atoms with van der Waals surface area (Å²) >= 11 is 3.53. The molecule has 0 saturated carbocycles. The molecule has 102 valence electrons. The first-order valence-electron chi connectivity index (χ1n) is 6.47. The first-order chi connectivity index (χ1) is 8.69. The van der Waals surface area contributed by atoms with Crippen LogP contribution in [0.25, 0.3) is 0 Å². The predicted molar refractivity (Wildman–Crippen MR) is 81.3 cm³/mol. The molecular formula is C14H23BrN2O. The Hall–Kier alpha value is -0.580. The van der Waals surface area contributed by atoms with Crippen LogP contribution in [0.5, 0.6) is 0 Å². The number of ether oxygens (including phenoxy) is 1. The molecule has 0 aromatic heterocycles. The molecule has 1 N–H and O–H groups in total. The second-order valence-corrected chi connectivity index (χ2v) is 5.09. The van der Waals surface area contributed by atoms with Crippen LogP contribution < -0.4 is 10.2 Å². The standard InChI is InChI=1S/C14H23BrN2O/c1-4-16-11-12-10-13(15)6-7-14(12)17(3)8-9-18-5-2/h6-7,10,16H,4-5,8-9,11H2,1-3H3. The summed E-state index contributed by atoms with van der Waals surface area (Å²) < 4.78 is 6.53. The van der Waals surface area contributed by atoms with E-state index in [0.29, 0.717) is 0 Å². The third-order valence-corrected chi connectivity index (χ3v) is 3.29. The number of benzene rings is 1. The van der Waals surface area contributed by atoms with Crippen molar-refractivity contribution in [2.75, 3.05) is 38.3 Å². The largest absolute Gasteiger partial charge is 0.380 e. The van der Waals surface area contributed by atoms with Gasteiger partial charge in [-0.1, -0.05) is 22.9 Å². The summed E-state index contributed by atoms with van der Waals surface area (Å²) in [5.41, 5.74) is 2.57. The lowest BCUT2D eigenvalue weighted by molar-refractivity contribution is 0.154. The molecule has 0 unspecified atom stereocenters. The molecule has 1 aromatic carbocycles. The van der Waals surface area contributed by atoms with Gasteiger partial charge in [-0.05, 0) is 37.2 Å². The average molecular weight is 315 g/mol. The molecule has 0 aliphatic rings. The number of hydrogen-bond acceptors (Lipinski definition) is 3. The first-order valence-corrected chi connectivity index (χ1v) is 7.26. The number of hydrogen-bond donors (Lipinski definition) is 1.